The molecule has 46 heavy (non-hydrogen) atoms. The molecule has 5 rings (SSSR count). The van der Waals surface area contributed by atoms with Crippen LogP contribution in [0.4, 0.5) is 38.1 Å². The number of benzene rings is 2. The number of likely N-dealkylation sites (tertiary alicyclic amines) is 1. The normalized spacial score (nSPS) is 17.8. The molecule has 3 aromatic rings. The van der Waals surface area contributed by atoms with Crippen molar-refractivity contribution in [1.29, 1.82) is 0 Å². The van der Waals surface area contributed by atoms with Crippen LogP contribution in [-0.4, -0.2) is 77.2 Å². The van der Waals surface area contributed by atoms with Gasteiger partial charge in [-0.15, -0.1) is 11.3 Å². The van der Waals surface area contributed by atoms with Crippen LogP contribution in [0.3, 0.4) is 0 Å². The zero-order valence-corrected chi connectivity index (χ0v) is 25.7. The number of sulfonamides is 1. The van der Waals surface area contributed by atoms with Crippen LogP contribution in [0.1, 0.15) is 23.3 Å². The average Bonchev–Trinajstić information content (AvgIpc) is 3.54. The number of carbonyl (C=O) groups excluding carboxylic acids is 1. The molecule has 0 amide bonds. The molecule has 0 radical (unpaired) electrons. The van der Waals surface area contributed by atoms with Crippen molar-refractivity contribution < 1.29 is 49.4 Å². The Morgan fingerprint density at radius 3 is 2.57 bits per heavy atom. The van der Waals surface area contributed by atoms with Gasteiger partial charge < -0.3 is 24.8 Å². The van der Waals surface area contributed by atoms with Crippen molar-refractivity contribution >= 4 is 49.0 Å². The fourth-order valence-corrected chi connectivity index (χ4v) is 6.97. The number of cyclic esters (lactones) is 2. The predicted molar refractivity (Wildman–Crippen MR) is 161 cm³/mol. The summed E-state index contributed by atoms with van der Waals surface area (Å²) in [5, 5.41) is 11.7. The highest BCUT2D eigenvalue weighted by molar-refractivity contribution is 7.89. The molecule has 1 atom stereocenters. The maximum Gasteiger partial charge on any atom is 0.508 e. The summed E-state index contributed by atoms with van der Waals surface area (Å²) in [5.41, 5.74) is 0.715. The van der Waals surface area contributed by atoms with Gasteiger partial charge in [0.25, 0.3) is 0 Å². The first-order valence-corrected chi connectivity index (χ1v) is 16.4. The summed E-state index contributed by atoms with van der Waals surface area (Å²) in [7, 11) is -4.19. The highest BCUT2D eigenvalue weighted by Gasteiger charge is 2.32. The Hall–Kier alpha value is -3.85. The molecule has 10 nitrogen and oxygen atoms in total. The number of alkyl halides is 5. The first-order valence-electron chi connectivity index (χ1n) is 14.0. The largest absolute Gasteiger partial charge is 0.508 e. The Labute approximate surface area is 265 Å². The number of primary sulfonamides is 1. The molecule has 2 aliphatic rings. The lowest BCUT2D eigenvalue weighted by Gasteiger charge is -2.33. The molecule has 17 heteroatoms. The average molecular weight is 689 g/mol. The number of carbonyl (C=O) groups is 1. The van der Waals surface area contributed by atoms with Gasteiger partial charge in [-0.2, -0.15) is 22.0 Å². The molecule has 0 bridgehead atoms. The summed E-state index contributed by atoms with van der Waals surface area (Å²) in [6, 6.07) is 8.30. The lowest BCUT2D eigenvalue weighted by atomic mass is 10.0. The van der Waals surface area contributed by atoms with E-state index in [1.54, 1.807) is 12.1 Å². The number of halogens is 5. The van der Waals surface area contributed by atoms with Crippen molar-refractivity contribution in [3.63, 3.8) is 0 Å². The van der Waals surface area contributed by atoms with Gasteiger partial charge in [-0.25, -0.2) is 18.4 Å². The molecular formula is C29H29F5N4O6S2. The standard InChI is InChI=1S/C29H29F5N4O6S2/c30-27(31)44-24-13-19(46(35,40)41)6-7-22(24)36-10-2-5-25-21(14-29(32,33)34)20-3-1-4-23(26(20)45-25)37-17-8-11-38(12-9-17)15-18-16-42-28(39)43-18/h1,3-4,6-7,13,17-18,27,36-37H,8-12,14-16H2,(H2,35,40,41). The smallest absolute Gasteiger partial charge is 0.433 e. The third-order valence-corrected chi connectivity index (χ3v) is 9.43. The number of nitrogens with one attached hydrogen (secondary N) is 2. The predicted octanol–water partition coefficient (Wildman–Crippen LogP) is 5.13. The van der Waals surface area contributed by atoms with Crippen molar-refractivity contribution in [2.24, 2.45) is 5.14 Å². The van der Waals surface area contributed by atoms with Crippen LogP contribution in [0, 0.1) is 11.8 Å². The molecule has 3 heterocycles. The van der Waals surface area contributed by atoms with Gasteiger partial charge in [0, 0.05) is 31.7 Å². The van der Waals surface area contributed by atoms with Crippen LogP contribution in [0.2, 0.25) is 0 Å². The van der Waals surface area contributed by atoms with E-state index in [1.807, 2.05) is 6.07 Å². The van der Waals surface area contributed by atoms with E-state index < -0.39 is 46.0 Å². The maximum absolute atomic E-state index is 13.6. The lowest BCUT2D eigenvalue weighted by molar-refractivity contribution is -0.127. The number of nitrogens with two attached hydrogens (primary N) is 1. The topological polar surface area (TPSA) is 132 Å². The first kappa shape index (κ1) is 33.5. The van der Waals surface area contributed by atoms with Crippen molar-refractivity contribution in [3.8, 4) is 17.6 Å². The summed E-state index contributed by atoms with van der Waals surface area (Å²) in [6.07, 6.45) is -5.12. The van der Waals surface area contributed by atoms with E-state index in [0.29, 0.717) is 22.3 Å². The van der Waals surface area contributed by atoms with E-state index in [9.17, 15) is 35.2 Å². The minimum absolute atomic E-state index is 0.0102. The molecule has 2 fully saturated rings. The molecule has 2 saturated heterocycles. The Balaban J connectivity index is 1.31. The molecule has 248 valence electrons. The number of anilines is 2. The third-order valence-electron chi connectivity index (χ3n) is 7.32. The molecule has 0 aliphatic carbocycles. The third kappa shape index (κ3) is 8.69. The number of nitrogens with zero attached hydrogens (tertiary/aromatic N) is 1. The summed E-state index contributed by atoms with van der Waals surface area (Å²) in [5.74, 6) is 5.03. The second-order valence-corrected chi connectivity index (χ2v) is 13.2. The van der Waals surface area contributed by atoms with Crippen molar-refractivity contribution in [3.05, 3.63) is 46.8 Å². The Morgan fingerprint density at radius 1 is 1.15 bits per heavy atom. The van der Waals surface area contributed by atoms with Gasteiger partial charge in [-0.1, -0.05) is 24.0 Å². The number of rotatable bonds is 10. The van der Waals surface area contributed by atoms with Gasteiger partial charge in [0.1, 0.15) is 6.61 Å². The number of fused-ring (bicyclic) bond motifs is 1. The first-order chi connectivity index (χ1) is 21.7. The second-order valence-electron chi connectivity index (χ2n) is 10.6. The van der Waals surface area contributed by atoms with Crippen LogP contribution in [0.15, 0.2) is 41.3 Å². The minimum Gasteiger partial charge on any atom is -0.433 e. The van der Waals surface area contributed by atoms with Gasteiger partial charge in [0.15, 0.2) is 11.9 Å². The summed E-state index contributed by atoms with van der Waals surface area (Å²) < 4.78 is 105. The zero-order chi connectivity index (χ0) is 33.1. The zero-order valence-electron chi connectivity index (χ0n) is 24.0. The van der Waals surface area contributed by atoms with Crippen LogP contribution in [0.25, 0.3) is 10.1 Å². The molecule has 2 aromatic carbocycles. The molecule has 4 N–H and O–H groups in total. The van der Waals surface area contributed by atoms with E-state index in [-0.39, 0.29) is 41.4 Å². The fraction of sp³-hybridized carbons (Fsp3) is 0.414. The fourth-order valence-electron chi connectivity index (χ4n) is 5.27. The van der Waals surface area contributed by atoms with Gasteiger partial charge >= 0.3 is 18.9 Å². The van der Waals surface area contributed by atoms with E-state index >= 15 is 0 Å². The van der Waals surface area contributed by atoms with Crippen molar-refractivity contribution in [2.75, 3.05) is 43.4 Å². The monoisotopic (exact) mass is 688 g/mol. The van der Waals surface area contributed by atoms with E-state index in [1.165, 1.54) is 6.07 Å². The Morgan fingerprint density at radius 2 is 1.91 bits per heavy atom. The molecule has 1 aromatic heterocycles. The van der Waals surface area contributed by atoms with Crippen molar-refractivity contribution in [1.82, 2.24) is 4.90 Å². The second kappa shape index (κ2) is 13.9. The number of ether oxygens (including phenoxy) is 3. The van der Waals surface area contributed by atoms with Gasteiger partial charge in [0.05, 0.1) is 38.8 Å². The van der Waals surface area contributed by atoms with E-state index in [2.05, 4.69) is 32.1 Å². The van der Waals surface area contributed by atoms with E-state index in [4.69, 9.17) is 14.6 Å². The highest BCUT2D eigenvalue weighted by Crippen LogP contribution is 2.39. The van der Waals surface area contributed by atoms with Crippen LogP contribution in [0.5, 0.6) is 5.75 Å². The van der Waals surface area contributed by atoms with E-state index in [0.717, 1.165) is 49.4 Å². The van der Waals surface area contributed by atoms with Crippen LogP contribution >= 0.6 is 11.3 Å². The number of piperidine rings is 1. The van der Waals surface area contributed by atoms with Gasteiger partial charge in [-0.05, 0) is 42.0 Å². The molecule has 2 aliphatic heterocycles. The number of hydrogen-bond donors (Lipinski definition) is 3. The molecule has 1 unspecified atom stereocenters. The maximum atomic E-state index is 13.6. The molecule has 0 spiro atoms. The van der Waals surface area contributed by atoms with Gasteiger partial charge in [0.2, 0.25) is 10.0 Å². The Kier molecular flexibility index (Phi) is 10.1. The van der Waals surface area contributed by atoms with Crippen molar-refractivity contribution in [2.45, 2.75) is 49.1 Å². The lowest BCUT2D eigenvalue weighted by Crippen LogP contribution is -2.43. The highest BCUT2D eigenvalue weighted by atomic mass is 32.2. The quantitative estimate of drug-likeness (QED) is 0.151. The summed E-state index contributed by atoms with van der Waals surface area (Å²) in [4.78, 5) is 13.1. The van der Waals surface area contributed by atoms with Crippen LogP contribution < -0.4 is 20.5 Å². The number of thiophene rings is 1. The summed E-state index contributed by atoms with van der Waals surface area (Å²) in [6.45, 7) is -1.16. The SMILES string of the molecule is NS(=O)(=O)c1ccc(NCC#Cc2sc3c(NC4CCN(CC5COC(=O)O5)CC4)cccc3c2CC(F)(F)F)c(OC(F)F)c1. The minimum atomic E-state index is -4.50. The van der Waals surface area contributed by atoms with Gasteiger partial charge in [-0.3, -0.25) is 4.90 Å². The molecular weight excluding hydrogens is 659 g/mol. The molecule has 0 saturated carbocycles. The van der Waals surface area contributed by atoms with Crippen LogP contribution in [-0.2, 0) is 25.9 Å². The Bertz CT molecular complexity index is 1750. The summed E-state index contributed by atoms with van der Waals surface area (Å²) >= 11 is 1.12. The number of hydrogen-bond acceptors (Lipinski definition) is 10.